The minimum atomic E-state index is -0.353. The van der Waals surface area contributed by atoms with Gasteiger partial charge < -0.3 is 10.6 Å². The first-order valence-electron chi connectivity index (χ1n) is 7.04. The first-order valence-corrected chi connectivity index (χ1v) is 7.92. The molecule has 0 aliphatic heterocycles. The predicted octanol–water partition coefficient (Wildman–Crippen LogP) is 3.13. The fourth-order valence-electron chi connectivity index (χ4n) is 1.91. The average Bonchev–Trinajstić information content (AvgIpc) is 3.04. The number of Topliss-reactive ketones (excluding diaryl/α,β-unsaturated/α-hetero) is 1. The van der Waals surface area contributed by atoms with Gasteiger partial charge in [0.05, 0.1) is 0 Å². The molecule has 0 spiro atoms. The molecule has 2 N–H and O–H groups in total. The van der Waals surface area contributed by atoms with Gasteiger partial charge in [-0.3, -0.25) is 9.59 Å². The van der Waals surface area contributed by atoms with E-state index >= 15 is 0 Å². The Labute approximate surface area is 141 Å². The summed E-state index contributed by atoms with van der Waals surface area (Å²) in [7, 11) is 0. The topological polar surface area (TPSA) is 96.9 Å². The largest absolute Gasteiger partial charge is 0.321 e. The zero-order valence-corrected chi connectivity index (χ0v) is 13.5. The Balaban J connectivity index is 1.70. The number of nitrogens with zero attached hydrogens (tertiary/aromatic N) is 3. The Morgan fingerprint density at radius 1 is 1.12 bits per heavy atom. The molecule has 0 bridgehead atoms. The van der Waals surface area contributed by atoms with E-state index in [4.69, 9.17) is 0 Å². The Bertz CT molecular complexity index is 879. The second kappa shape index (κ2) is 6.97. The molecule has 120 valence electrons. The van der Waals surface area contributed by atoms with Gasteiger partial charge in [-0.25, -0.2) is 15.0 Å². The minimum Gasteiger partial charge on any atom is -0.321 e. The molecule has 2 aromatic heterocycles. The van der Waals surface area contributed by atoms with Crippen molar-refractivity contribution in [2.45, 2.75) is 6.92 Å². The van der Waals surface area contributed by atoms with Crippen LogP contribution in [0, 0.1) is 0 Å². The second-order valence-corrected chi connectivity index (χ2v) is 5.68. The normalized spacial score (nSPS) is 10.2. The van der Waals surface area contributed by atoms with E-state index < -0.39 is 0 Å². The number of benzene rings is 1. The van der Waals surface area contributed by atoms with Crippen LogP contribution in [0.15, 0.2) is 48.1 Å². The van der Waals surface area contributed by atoms with Crippen LogP contribution < -0.4 is 10.6 Å². The fourth-order valence-corrected chi connectivity index (χ4v) is 2.59. The van der Waals surface area contributed by atoms with Gasteiger partial charge in [0.1, 0.15) is 5.69 Å². The van der Waals surface area contributed by atoms with Crippen molar-refractivity contribution in [1.82, 2.24) is 15.0 Å². The summed E-state index contributed by atoms with van der Waals surface area (Å²) in [5.74, 6) is -0.00365. The zero-order valence-electron chi connectivity index (χ0n) is 12.7. The van der Waals surface area contributed by atoms with E-state index in [9.17, 15) is 9.59 Å². The number of carbonyl (C=O) groups excluding carboxylic acids is 2. The van der Waals surface area contributed by atoms with Gasteiger partial charge in [-0.05, 0) is 25.1 Å². The van der Waals surface area contributed by atoms with E-state index in [0.29, 0.717) is 22.3 Å². The number of anilines is 3. The smallest absolute Gasteiger partial charge is 0.275 e. The summed E-state index contributed by atoms with van der Waals surface area (Å²) in [6.07, 6.45) is 3.22. The third kappa shape index (κ3) is 3.79. The Morgan fingerprint density at radius 3 is 2.67 bits per heavy atom. The van der Waals surface area contributed by atoms with Gasteiger partial charge in [-0.2, -0.15) is 0 Å². The van der Waals surface area contributed by atoms with Crippen molar-refractivity contribution in [2.75, 3.05) is 10.6 Å². The lowest BCUT2D eigenvalue weighted by atomic mass is 10.1. The summed E-state index contributed by atoms with van der Waals surface area (Å²) < 4.78 is 0. The lowest BCUT2D eigenvalue weighted by molar-refractivity contribution is 0.100. The van der Waals surface area contributed by atoms with Gasteiger partial charge in [-0.15, -0.1) is 11.3 Å². The third-order valence-electron chi connectivity index (χ3n) is 3.05. The van der Waals surface area contributed by atoms with Crippen molar-refractivity contribution >= 4 is 39.8 Å². The molecule has 2 heterocycles. The molecule has 3 aromatic rings. The molecule has 24 heavy (non-hydrogen) atoms. The Morgan fingerprint density at radius 2 is 1.92 bits per heavy atom. The van der Waals surface area contributed by atoms with E-state index in [1.165, 1.54) is 18.3 Å². The Hall–Kier alpha value is -3.13. The van der Waals surface area contributed by atoms with Gasteiger partial charge >= 0.3 is 0 Å². The third-order valence-corrected chi connectivity index (χ3v) is 3.81. The maximum absolute atomic E-state index is 12.3. The molecule has 3 rings (SSSR count). The van der Waals surface area contributed by atoms with E-state index in [0.717, 1.165) is 0 Å². The van der Waals surface area contributed by atoms with E-state index in [1.807, 2.05) is 0 Å². The van der Waals surface area contributed by atoms with Gasteiger partial charge in [0.25, 0.3) is 5.91 Å². The van der Waals surface area contributed by atoms with E-state index in [-0.39, 0.29) is 17.4 Å². The van der Waals surface area contributed by atoms with Crippen molar-refractivity contribution in [3.63, 3.8) is 0 Å². The van der Waals surface area contributed by atoms with Crippen LogP contribution in [0.25, 0.3) is 0 Å². The molecule has 0 aliphatic rings. The molecule has 7 nitrogen and oxygen atoms in total. The molecule has 1 amide bonds. The number of ketones is 1. The minimum absolute atomic E-state index is 0.0610. The Kier molecular flexibility index (Phi) is 4.57. The summed E-state index contributed by atoms with van der Waals surface area (Å²) in [6, 6.07) is 8.47. The van der Waals surface area contributed by atoms with Crippen molar-refractivity contribution in [2.24, 2.45) is 0 Å². The summed E-state index contributed by atoms with van der Waals surface area (Å²) in [4.78, 5) is 35.9. The molecular formula is C16H13N5O2S. The molecule has 0 aliphatic carbocycles. The van der Waals surface area contributed by atoms with Crippen LogP contribution in [0.5, 0.6) is 0 Å². The highest BCUT2D eigenvalue weighted by atomic mass is 32.1. The monoisotopic (exact) mass is 339 g/mol. The first-order chi connectivity index (χ1) is 11.6. The summed E-state index contributed by atoms with van der Waals surface area (Å²) >= 11 is 1.27. The van der Waals surface area contributed by atoms with Crippen LogP contribution in [0.2, 0.25) is 0 Å². The van der Waals surface area contributed by atoms with Crippen LogP contribution >= 0.6 is 11.3 Å². The van der Waals surface area contributed by atoms with Gasteiger partial charge in [-0.1, -0.05) is 12.1 Å². The van der Waals surface area contributed by atoms with Crippen molar-refractivity contribution < 1.29 is 9.59 Å². The number of hydrogen-bond donors (Lipinski definition) is 2. The number of aromatic nitrogens is 3. The van der Waals surface area contributed by atoms with Gasteiger partial charge in [0.15, 0.2) is 10.9 Å². The van der Waals surface area contributed by atoms with E-state index in [1.54, 1.807) is 48.1 Å². The standard InChI is InChI=1S/C16H13N5O2S/c1-10(22)11-4-2-5-12(8-11)19-14(23)13-9-24-16(20-13)21-15-17-6-3-7-18-15/h2-9H,1H3,(H,19,23)(H,17,18,20,21). The number of nitrogens with one attached hydrogen (secondary N) is 2. The average molecular weight is 339 g/mol. The van der Waals surface area contributed by atoms with Crippen LogP contribution in [-0.4, -0.2) is 26.6 Å². The maximum Gasteiger partial charge on any atom is 0.275 e. The van der Waals surface area contributed by atoms with Crippen LogP contribution in [0.3, 0.4) is 0 Å². The second-order valence-electron chi connectivity index (χ2n) is 4.83. The number of hydrogen-bond acceptors (Lipinski definition) is 7. The summed E-state index contributed by atoms with van der Waals surface area (Å²) in [5.41, 5.74) is 1.35. The molecular weight excluding hydrogens is 326 g/mol. The summed E-state index contributed by atoms with van der Waals surface area (Å²) in [5, 5.41) is 7.80. The molecule has 8 heteroatoms. The highest BCUT2D eigenvalue weighted by Gasteiger charge is 2.12. The quantitative estimate of drug-likeness (QED) is 0.693. The van der Waals surface area contributed by atoms with Crippen molar-refractivity contribution in [3.8, 4) is 0 Å². The molecule has 0 fully saturated rings. The maximum atomic E-state index is 12.3. The van der Waals surface area contributed by atoms with Crippen molar-refractivity contribution in [1.29, 1.82) is 0 Å². The molecule has 0 atom stereocenters. The van der Waals surface area contributed by atoms with E-state index in [2.05, 4.69) is 25.6 Å². The first kappa shape index (κ1) is 15.8. The number of carbonyl (C=O) groups is 2. The highest BCUT2D eigenvalue weighted by Crippen LogP contribution is 2.19. The lowest BCUT2D eigenvalue weighted by Gasteiger charge is -2.04. The van der Waals surface area contributed by atoms with Crippen LogP contribution in [-0.2, 0) is 0 Å². The van der Waals surface area contributed by atoms with Crippen LogP contribution in [0.1, 0.15) is 27.8 Å². The molecule has 0 saturated carbocycles. The number of amides is 1. The molecule has 1 aromatic carbocycles. The highest BCUT2D eigenvalue weighted by molar-refractivity contribution is 7.14. The SMILES string of the molecule is CC(=O)c1cccc(NC(=O)c2csc(Nc3ncccn3)n2)c1. The zero-order chi connectivity index (χ0) is 16.9. The number of thiazole rings is 1. The van der Waals surface area contributed by atoms with Crippen molar-refractivity contribution in [3.05, 3.63) is 59.4 Å². The number of rotatable bonds is 5. The summed E-state index contributed by atoms with van der Waals surface area (Å²) in [6.45, 7) is 1.48. The predicted molar refractivity (Wildman–Crippen MR) is 91.8 cm³/mol. The molecule has 0 unspecified atom stereocenters. The molecule has 0 saturated heterocycles. The molecule has 0 radical (unpaired) electrons. The fraction of sp³-hybridized carbons (Fsp3) is 0.0625. The lowest BCUT2D eigenvalue weighted by Crippen LogP contribution is -2.12. The van der Waals surface area contributed by atoms with Gasteiger partial charge in [0, 0.05) is 29.0 Å². The van der Waals surface area contributed by atoms with Gasteiger partial charge in [0.2, 0.25) is 5.95 Å². The van der Waals surface area contributed by atoms with Crippen LogP contribution in [0.4, 0.5) is 16.8 Å².